The van der Waals surface area contributed by atoms with Crippen LogP contribution in [0.4, 0.5) is 0 Å². The van der Waals surface area contributed by atoms with Gasteiger partial charge in [0.15, 0.2) is 0 Å². The number of aromatic nitrogens is 2. The van der Waals surface area contributed by atoms with Crippen molar-refractivity contribution in [3.05, 3.63) is 47.0 Å². The SMILES string of the molecule is C[C@@H](N)c1cccc(OCc2ncc(Cl)n2C)c1. The van der Waals surface area contributed by atoms with Gasteiger partial charge in [0.1, 0.15) is 23.3 Å². The maximum atomic E-state index is 5.91. The number of rotatable bonds is 4. The van der Waals surface area contributed by atoms with Crippen LogP contribution in [0.25, 0.3) is 0 Å². The van der Waals surface area contributed by atoms with E-state index < -0.39 is 0 Å². The van der Waals surface area contributed by atoms with Gasteiger partial charge in [-0.1, -0.05) is 23.7 Å². The van der Waals surface area contributed by atoms with Gasteiger partial charge in [-0.25, -0.2) is 4.98 Å². The Hall–Kier alpha value is -1.52. The third-order valence-corrected chi connectivity index (χ3v) is 3.13. The van der Waals surface area contributed by atoms with E-state index in [0.717, 1.165) is 17.1 Å². The first-order valence-corrected chi connectivity index (χ1v) is 6.10. The van der Waals surface area contributed by atoms with Crippen LogP contribution < -0.4 is 10.5 Å². The maximum Gasteiger partial charge on any atom is 0.147 e. The quantitative estimate of drug-likeness (QED) is 0.925. The highest BCUT2D eigenvalue weighted by Crippen LogP contribution is 2.19. The number of imidazole rings is 1. The Morgan fingerprint density at radius 3 is 2.89 bits per heavy atom. The summed E-state index contributed by atoms with van der Waals surface area (Å²) in [6.45, 7) is 2.32. The molecule has 0 aliphatic heterocycles. The van der Waals surface area contributed by atoms with Crippen molar-refractivity contribution in [2.45, 2.75) is 19.6 Å². The van der Waals surface area contributed by atoms with E-state index in [1.165, 1.54) is 0 Å². The minimum absolute atomic E-state index is 0.00356. The van der Waals surface area contributed by atoms with Gasteiger partial charge in [0.2, 0.25) is 0 Å². The summed E-state index contributed by atoms with van der Waals surface area (Å²) in [7, 11) is 1.85. The number of nitrogens with zero attached hydrogens (tertiary/aromatic N) is 2. The molecule has 2 N–H and O–H groups in total. The molecule has 0 radical (unpaired) electrons. The Kier molecular flexibility index (Phi) is 3.89. The average Bonchev–Trinajstić information content (AvgIpc) is 2.68. The van der Waals surface area contributed by atoms with Crippen LogP contribution in [0.3, 0.4) is 0 Å². The van der Waals surface area contributed by atoms with Crippen LogP contribution in [0.1, 0.15) is 24.4 Å². The van der Waals surface area contributed by atoms with Crippen molar-refractivity contribution < 1.29 is 4.74 Å². The maximum absolute atomic E-state index is 5.91. The largest absolute Gasteiger partial charge is 0.486 e. The van der Waals surface area contributed by atoms with Crippen molar-refractivity contribution >= 4 is 11.6 Å². The zero-order chi connectivity index (χ0) is 13.1. The first-order chi connectivity index (χ1) is 8.58. The summed E-state index contributed by atoms with van der Waals surface area (Å²) in [4.78, 5) is 4.17. The minimum Gasteiger partial charge on any atom is -0.486 e. The predicted molar refractivity (Wildman–Crippen MR) is 71.6 cm³/mol. The van der Waals surface area contributed by atoms with Crippen molar-refractivity contribution in [1.29, 1.82) is 0 Å². The second-order valence-electron chi connectivity index (χ2n) is 4.21. The summed E-state index contributed by atoms with van der Waals surface area (Å²) in [5.74, 6) is 1.56. The highest BCUT2D eigenvalue weighted by atomic mass is 35.5. The Morgan fingerprint density at radius 2 is 2.28 bits per heavy atom. The molecule has 0 bridgehead atoms. The molecule has 1 heterocycles. The number of halogens is 1. The normalized spacial score (nSPS) is 12.4. The van der Waals surface area contributed by atoms with Crippen molar-refractivity contribution in [3.8, 4) is 5.75 Å². The summed E-state index contributed by atoms with van der Waals surface area (Å²) in [6.07, 6.45) is 1.61. The van der Waals surface area contributed by atoms with Gasteiger partial charge in [0.25, 0.3) is 0 Å². The van der Waals surface area contributed by atoms with Gasteiger partial charge in [-0.3, -0.25) is 0 Å². The van der Waals surface area contributed by atoms with E-state index >= 15 is 0 Å². The molecule has 0 aliphatic carbocycles. The molecule has 1 aromatic carbocycles. The minimum atomic E-state index is -0.00356. The van der Waals surface area contributed by atoms with Crippen molar-refractivity contribution in [2.24, 2.45) is 12.8 Å². The third kappa shape index (κ3) is 2.83. The number of hydrogen-bond donors (Lipinski definition) is 1. The molecule has 0 saturated heterocycles. The molecule has 1 aromatic heterocycles. The van der Waals surface area contributed by atoms with Crippen LogP contribution in [-0.4, -0.2) is 9.55 Å². The molecule has 4 nitrogen and oxygen atoms in total. The Bertz CT molecular complexity index is 537. The summed E-state index contributed by atoms with van der Waals surface area (Å²) >= 11 is 5.91. The lowest BCUT2D eigenvalue weighted by atomic mass is 10.1. The fourth-order valence-electron chi connectivity index (χ4n) is 1.59. The number of benzene rings is 1. The molecule has 0 spiro atoms. The fourth-order valence-corrected chi connectivity index (χ4v) is 1.74. The van der Waals surface area contributed by atoms with Gasteiger partial charge in [-0.15, -0.1) is 0 Å². The van der Waals surface area contributed by atoms with Crippen LogP contribution in [-0.2, 0) is 13.7 Å². The van der Waals surface area contributed by atoms with Gasteiger partial charge in [0, 0.05) is 13.1 Å². The number of nitrogens with two attached hydrogens (primary N) is 1. The van der Waals surface area contributed by atoms with Gasteiger partial charge in [-0.2, -0.15) is 0 Å². The lowest BCUT2D eigenvalue weighted by molar-refractivity contribution is 0.291. The Balaban J connectivity index is 2.06. The van der Waals surface area contributed by atoms with Crippen molar-refractivity contribution in [2.75, 3.05) is 0 Å². The van der Waals surface area contributed by atoms with E-state index in [9.17, 15) is 0 Å². The van der Waals surface area contributed by atoms with E-state index in [1.54, 1.807) is 10.8 Å². The molecule has 0 unspecified atom stereocenters. The molecular formula is C13H16ClN3O. The van der Waals surface area contributed by atoms with Crippen molar-refractivity contribution in [3.63, 3.8) is 0 Å². The smallest absolute Gasteiger partial charge is 0.147 e. The zero-order valence-electron chi connectivity index (χ0n) is 10.4. The first-order valence-electron chi connectivity index (χ1n) is 5.72. The summed E-state index contributed by atoms with van der Waals surface area (Å²) < 4.78 is 7.47. The molecule has 18 heavy (non-hydrogen) atoms. The number of ether oxygens (including phenoxy) is 1. The summed E-state index contributed by atoms with van der Waals surface area (Å²) in [5.41, 5.74) is 6.87. The van der Waals surface area contributed by atoms with Gasteiger partial charge in [0.05, 0.1) is 6.20 Å². The van der Waals surface area contributed by atoms with Crippen LogP contribution in [0.5, 0.6) is 5.75 Å². The molecule has 2 rings (SSSR count). The third-order valence-electron chi connectivity index (χ3n) is 2.78. The average molecular weight is 266 g/mol. The Morgan fingerprint density at radius 1 is 1.50 bits per heavy atom. The molecule has 0 saturated carbocycles. The molecule has 2 aromatic rings. The molecular weight excluding hydrogens is 250 g/mol. The Labute approximate surface area is 111 Å². The van der Waals surface area contributed by atoms with Crippen LogP contribution in [0.2, 0.25) is 5.15 Å². The second kappa shape index (κ2) is 5.42. The number of hydrogen-bond acceptors (Lipinski definition) is 3. The molecule has 0 fully saturated rings. The highest BCUT2D eigenvalue weighted by molar-refractivity contribution is 6.29. The van der Waals surface area contributed by atoms with Crippen molar-refractivity contribution in [1.82, 2.24) is 9.55 Å². The van der Waals surface area contributed by atoms with Crippen LogP contribution in [0.15, 0.2) is 30.5 Å². The molecule has 5 heteroatoms. The molecule has 0 aliphatic rings. The zero-order valence-corrected chi connectivity index (χ0v) is 11.2. The monoisotopic (exact) mass is 265 g/mol. The van der Waals surface area contributed by atoms with E-state index in [1.807, 2.05) is 38.2 Å². The predicted octanol–water partition coefficient (Wildman–Crippen LogP) is 2.67. The van der Waals surface area contributed by atoms with Gasteiger partial charge < -0.3 is 15.0 Å². The summed E-state index contributed by atoms with van der Waals surface area (Å²) in [5, 5.41) is 0.595. The highest BCUT2D eigenvalue weighted by Gasteiger charge is 2.06. The topological polar surface area (TPSA) is 53.1 Å². The van der Waals surface area contributed by atoms with Crippen LogP contribution >= 0.6 is 11.6 Å². The first kappa shape index (κ1) is 12.9. The lowest BCUT2D eigenvalue weighted by Gasteiger charge is -2.10. The van der Waals surface area contributed by atoms with E-state index in [0.29, 0.717) is 11.8 Å². The second-order valence-corrected chi connectivity index (χ2v) is 4.59. The van der Waals surface area contributed by atoms with Gasteiger partial charge >= 0.3 is 0 Å². The fraction of sp³-hybridized carbons (Fsp3) is 0.308. The van der Waals surface area contributed by atoms with E-state index in [4.69, 9.17) is 22.1 Å². The molecule has 0 amide bonds. The molecule has 96 valence electrons. The van der Waals surface area contributed by atoms with Crippen LogP contribution in [0, 0.1) is 0 Å². The van der Waals surface area contributed by atoms with E-state index in [2.05, 4.69) is 4.98 Å². The summed E-state index contributed by atoms with van der Waals surface area (Å²) in [6, 6.07) is 7.75. The lowest BCUT2D eigenvalue weighted by Crippen LogP contribution is -2.06. The molecule has 1 atom stereocenters. The van der Waals surface area contributed by atoms with E-state index in [-0.39, 0.29) is 6.04 Å². The van der Waals surface area contributed by atoms with Gasteiger partial charge in [-0.05, 0) is 24.6 Å². The standard InChI is InChI=1S/C13H16ClN3O/c1-9(15)10-4-3-5-11(6-10)18-8-13-16-7-12(14)17(13)2/h3-7,9H,8,15H2,1-2H3/t9-/m1/s1.